The average molecular weight is 208 g/mol. The average Bonchev–Trinajstić information content (AvgIpc) is 2.18. The van der Waals surface area contributed by atoms with Gasteiger partial charge in [0.1, 0.15) is 11.4 Å². The van der Waals surface area contributed by atoms with Gasteiger partial charge in [0.05, 0.1) is 0 Å². The molecule has 1 N–H and O–H groups in total. The van der Waals surface area contributed by atoms with Crippen LogP contribution in [0.3, 0.4) is 0 Å². The Morgan fingerprint density at radius 1 is 1.47 bits per heavy atom. The minimum atomic E-state index is -1.25. The van der Waals surface area contributed by atoms with Crippen LogP contribution in [0.4, 0.5) is 4.39 Å². The molecule has 0 aromatic heterocycles. The topological polar surface area (TPSA) is 37.3 Å². The van der Waals surface area contributed by atoms with Crippen LogP contribution >= 0.6 is 0 Å². The van der Waals surface area contributed by atoms with E-state index in [9.17, 15) is 14.3 Å². The van der Waals surface area contributed by atoms with Crippen molar-refractivity contribution in [1.29, 1.82) is 0 Å². The Morgan fingerprint density at radius 2 is 2.20 bits per heavy atom. The van der Waals surface area contributed by atoms with Gasteiger partial charge in [-0.15, -0.1) is 0 Å². The number of aliphatic hydroxyl groups is 1. The lowest BCUT2D eigenvalue weighted by atomic mass is 9.78. The summed E-state index contributed by atoms with van der Waals surface area (Å²) >= 11 is 0. The monoisotopic (exact) mass is 208 g/mol. The molecule has 80 valence electrons. The van der Waals surface area contributed by atoms with Gasteiger partial charge in [-0.2, -0.15) is 0 Å². The van der Waals surface area contributed by atoms with Crippen LogP contribution in [0, 0.1) is 5.82 Å². The maximum atomic E-state index is 12.9. The first-order valence-corrected chi connectivity index (χ1v) is 5.02. The van der Waals surface area contributed by atoms with E-state index in [4.69, 9.17) is 0 Å². The third kappa shape index (κ3) is 1.79. The van der Waals surface area contributed by atoms with Gasteiger partial charge in [0.2, 0.25) is 0 Å². The summed E-state index contributed by atoms with van der Waals surface area (Å²) in [6, 6.07) is 4.50. The summed E-state index contributed by atoms with van der Waals surface area (Å²) in [4.78, 5) is 11.3. The van der Waals surface area contributed by atoms with Crippen LogP contribution in [0.5, 0.6) is 0 Å². The van der Waals surface area contributed by atoms with Gasteiger partial charge in [0.15, 0.2) is 5.78 Å². The van der Waals surface area contributed by atoms with Crippen molar-refractivity contribution in [3.8, 4) is 0 Å². The Balaban J connectivity index is 2.35. The molecule has 0 saturated carbocycles. The molecule has 0 amide bonds. The highest BCUT2D eigenvalue weighted by molar-refractivity contribution is 5.85. The lowest BCUT2D eigenvalue weighted by Crippen LogP contribution is -2.42. The molecule has 0 aliphatic heterocycles. The second-order valence-electron chi connectivity index (χ2n) is 4.18. The number of rotatable bonds is 1. The Bertz CT molecular complexity index is 414. The van der Waals surface area contributed by atoms with E-state index >= 15 is 0 Å². The fourth-order valence-electron chi connectivity index (χ4n) is 2.05. The Kier molecular flexibility index (Phi) is 2.35. The number of fused-ring (bicyclic) bond motifs is 1. The number of Topliss-reactive ketones (excluding diaryl/α,β-unsaturated/α-hetero) is 1. The van der Waals surface area contributed by atoms with Crippen LogP contribution in [-0.4, -0.2) is 16.5 Å². The van der Waals surface area contributed by atoms with Crippen molar-refractivity contribution in [3.63, 3.8) is 0 Å². The van der Waals surface area contributed by atoms with Crippen molar-refractivity contribution in [1.82, 2.24) is 0 Å². The molecule has 0 radical (unpaired) electrons. The first kappa shape index (κ1) is 10.3. The second-order valence-corrected chi connectivity index (χ2v) is 4.18. The van der Waals surface area contributed by atoms with Crippen molar-refractivity contribution in [2.45, 2.75) is 31.8 Å². The predicted molar refractivity (Wildman–Crippen MR) is 54.1 cm³/mol. The minimum absolute atomic E-state index is 0.211. The highest BCUT2D eigenvalue weighted by atomic mass is 19.1. The van der Waals surface area contributed by atoms with Gasteiger partial charge >= 0.3 is 0 Å². The summed E-state index contributed by atoms with van der Waals surface area (Å²) in [7, 11) is 0. The van der Waals surface area contributed by atoms with Gasteiger partial charge in [0.25, 0.3) is 0 Å². The highest BCUT2D eigenvalue weighted by Gasteiger charge is 2.36. The Hall–Kier alpha value is -1.22. The van der Waals surface area contributed by atoms with E-state index < -0.39 is 5.60 Å². The lowest BCUT2D eigenvalue weighted by molar-refractivity contribution is -0.136. The summed E-state index contributed by atoms with van der Waals surface area (Å²) in [5.41, 5.74) is 0.534. The maximum Gasteiger partial charge on any atom is 0.161 e. The largest absolute Gasteiger partial charge is 0.382 e. The van der Waals surface area contributed by atoms with Crippen molar-refractivity contribution >= 4 is 5.78 Å². The van der Waals surface area contributed by atoms with Crippen LogP contribution in [-0.2, 0) is 17.6 Å². The van der Waals surface area contributed by atoms with E-state index in [1.165, 1.54) is 19.1 Å². The molecule has 1 aliphatic carbocycles. The maximum absolute atomic E-state index is 12.9. The summed E-state index contributed by atoms with van der Waals surface area (Å²) in [5.74, 6) is -0.473. The van der Waals surface area contributed by atoms with Crippen molar-refractivity contribution in [3.05, 3.63) is 35.1 Å². The van der Waals surface area contributed by atoms with Gasteiger partial charge in [-0.1, -0.05) is 6.07 Å². The third-order valence-corrected chi connectivity index (χ3v) is 3.11. The number of benzene rings is 1. The van der Waals surface area contributed by atoms with Crippen molar-refractivity contribution in [2.24, 2.45) is 0 Å². The quantitative estimate of drug-likeness (QED) is 0.761. The Labute approximate surface area is 87.7 Å². The SMILES string of the molecule is CC(=O)C1(O)CCc2cc(F)ccc2C1. The molecule has 0 fully saturated rings. The molecule has 1 unspecified atom stereocenters. The molecule has 1 aromatic carbocycles. The highest BCUT2D eigenvalue weighted by Crippen LogP contribution is 2.29. The normalized spacial score (nSPS) is 24.7. The summed E-state index contributed by atoms with van der Waals surface area (Å²) in [6.45, 7) is 1.40. The lowest BCUT2D eigenvalue weighted by Gasteiger charge is -2.31. The van der Waals surface area contributed by atoms with E-state index in [-0.39, 0.29) is 11.6 Å². The van der Waals surface area contributed by atoms with Crippen LogP contribution in [0.2, 0.25) is 0 Å². The fourth-order valence-corrected chi connectivity index (χ4v) is 2.05. The third-order valence-electron chi connectivity index (χ3n) is 3.11. The number of hydrogen-bond donors (Lipinski definition) is 1. The summed E-state index contributed by atoms with van der Waals surface area (Å²) in [6.07, 6.45) is 1.25. The predicted octanol–water partition coefficient (Wildman–Crippen LogP) is 1.63. The first-order valence-electron chi connectivity index (χ1n) is 5.02. The zero-order valence-electron chi connectivity index (χ0n) is 8.59. The van der Waals surface area contributed by atoms with E-state index in [0.717, 1.165) is 11.1 Å². The molecule has 15 heavy (non-hydrogen) atoms. The standard InChI is InChI=1S/C12H13FO2/c1-8(14)12(15)5-4-9-6-11(13)3-2-10(9)7-12/h2-3,6,15H,4-5,7H2,1H3. The molecular formula is C12H13FO2. The number of carbonyl (C=O) groups is 1. The zero-order chi connectivity index (χ0) is 11.1. The zero-order valence-corrected chi connectivity index (χ0v) is 8.59. The van der Waals surface area contributed by atoms with Gasteiger partial charge in [-0.3, -0.25) is 4.79 Å². The molecule has 2 nitrogen and oxygen atoms in total. The smallest absolute Gasteiger partial charge is 0.161 e. The van der Waals surface area contributed by atoms with Gasteiger partial charge in [0, 0.05) is 6.42 Å². The van der Waals surface area contributed by atoms with Crippen LogP contribution < -0.4 is 0 Å². The molecule has 3 heteroatoms. The number of ketones is 1. The number of carbonyl (C=O) groups excluding carboxylic acids is 1. The van der Waals surface area contributed by atoms with Crippen molar-refractivity contribution < 1.29 is 14.3 Å². The molecule has 0 bridgehead atoms. The van der Waals surface area contributed by atoms with Crippen molar-refractivity contribution in [2.75, 3.05) is 0 Å². The first-order chi connectivity index (χ1) is 7.01. The van der Waals surface area contributed by atoms with E-state index in [1.807, 2.05) is 0 Å². The molecule has 1 atom stereocenters. The number of hydrogen-bond acceptors (Lipinski definition) is 2. The molecule has 0 saturated heterocycles. The van der Waals surface area contributed by atoms with Crippen LogP contribution in [0.25, 0.3) is 0 Å². The molecular weight excluding hydrogens is 195 g/mol. The molecule has 1 aliphatic rings. The summed E-state index contributed by atoms with van der Waals surface area (Å²) < 4.78 is 12.9. The van der Waals surface area contributed by atoms with Gasteiger partial charge < -0.3 is 5.11 Å². The van der Waals surface area contributed by atoms with E-state index in [0.29, 0.717) is 19.3 Å². The summed E-state index contributed by atoms with van der Waals surface area (Å²) in [5, 5.41) is 10.0. The number of aryl methyl sites for hydroxylation is 1. The second kappa shape index (κ2) is 3.42. The molecule has 0 heterocycles. The molecule has 2 rings (SSSR count). The van der Waals surface area contributed by atoms with E-state index in [1.54, 1.807) is 6.07 Å². The van der Waals surface area contributed by atoms with Gasteiger partial charge in [-0.25, -0.2) is 4.39 Å². The molecule has 1 aromatic rings. The number of halogens is 1. The fraction of sp³-hybridized carbons (Fsp3) is 0.417. The molecule has 0 spiro atoms. The van der Waals surface area contributed by atoms with Gasteiger partial charge in [-0.05, 0) is 43.0 Å². The minimum Gasteiger partial charge on any atom is -0.382 e. The van der Waals surface area contributed by atoms with Crippen LogP contribution in [0.15, 0.2) is 18.2 Å². The van der Waals surface area contributed by atoms with E-state index in [2.05, 4.69) is 0 Å². The Morgan fingerprint density at radius 3 is 2.87 bits per heavy atom. The van der Waals surface area contributed by atoms with Crippen LogP contribution in [0.1, 0.15) is 24.5 Å².